The first-order valence-electron chi connectivity index (χ1n) is 10.4. The van der Waals surface area contributed by atoms with Crippen LogP contribution in [0.4, 0.5) is 14.9 Å². The summed E-state index contributed by atoms with van der Waals surface area (Å²) in [6, 6.07) is 3.74. The Morgan fingerprint density at radius 2 is 2.00 bits per heavy atom. The van der Waals surface area contributed by atoms with E-state index in [-0.39, 0.29) is 24.0 Å². The van der Waals surface area contributed by atoms with Crippen molar-refractivity contribution in [2.45, 2.75) is 45.1 Å². The van der Waals surface area contributed by atoms with Crippen molar-refractivity contribution in [3.63, 3.8) is 0 Å². The van der Waals surface area contributed by atoms with Crippen LogP contribution in [0.2, 0.25) is 0 Å². The summed E-state index contributed by atoms with van der Waals surface area (Å²) in [6.45, 7) is 2.95. The van der Waals surface area contributed by atoms with Crippen LogP contribution >= 0.6 is 0 Å². The highest BCUT2D eigenvalue weighted by Crippen LogP contribution is 2.30. The normalized spacial score (nSPS) is 17.9. The molecule has 1 aromatic rings. The Kier molecular flexibility index (Phi) is 7.30. The van der Waals surface area contributed by atoms with E-state index in [4.69, 9.17) is 0 Å². The maximum atomic E-state index is 14.0. The minimum Gasteiger partial charge on any atom is -0.382 e. The fourth-order valence-electron chi connectivity index (χ4n) is 3.36. The van der Waals surface area contributed by atoms with E-state index in [9.17, 15) is 22.4 Å². The maximum absolute atomic E-state index is 14.0. The van der Waals surface area contributed by atoms with Gasteiger partial charge >= 0.3 is 6.03 Å². The molecular weight excluding hydrogens is 411 g/mol. The van der Waals surface area contributed by atoms with Gasteiger partial charge in [0, 0.05) is 19.1 Å². The van der Waals surface area contributed by atoms with Crippen molar-refractivity contribution in [2.24, 2.45) is 5.92 Å². The van der Waals surface area contributed by atoms with Gasteiger partial charge < -0.3 is 10.2 Å². The molecule has 10 heteroatoms. The van der Waals surface area contributed by atoms with Crippen LogP contribution < -0.4 is 15.4 Å². The van der Waals surface area contributed by atoms with Crippen molar-refractivity contribution in [1.82, 2.24) is 14.9 Å². The third-order valence-electron chi connectivity index (χ3n) is 5.33. The summed E-state index contributed by atoms with van der Waals surface area (Å²) in [5.74, 6) is -0.0872. The zero-order chi connectivity index (χ0) is 21.7. The van der Waals surface area contributed by atoms with Crippen LogP contribution in [0.25, 0.3) is 0 Å². The lowest BCUT2D eigenvalue weighted by atomic mass is 10.1. The topological polar surface area (TPSA) is 108 Å². The van der Waals surface area contributed by atoms with Crippen molar-refractivity contribution in [1.29, 1.82) is 0 Å². The second kappa shape index (κ2) is 9.74. The molecule has 2 aliphatic rings. The summed E-state index contributed by atoms with van der Waals surface area (Å²) in [6.07, 6.45) is 4.02. The molecule has 1 atom stereocenters. The van der Waals surface area contributed by atoms with Crippen molar-refractivity contribution in [2.75, 3.05) is 30.7 Å². The molecule has 0 unspecified atom stereocenters. The molecule has 1 heterocycles. The van der Waals surface area contributed by atoms with E-state index >= 15 is 0 Å². The second-order valence-electron chi connectivity index (χ2n) is 8.06. The Hall–Kier alpha value is -2.20. The number of urea groups is 1. The molecule has 1 aliphatic heterocycles. The molecule has 30 heavy (non-hydrogen) atoms. The largest absolute Gasteiger partial charge is 0.382 e. The second-order valence-corrected chi connectivity index (χ2v) is 9.93. The van der Waals surface area contributed by atoms with Gasteiger partial charge in [-0.1, -0.05) is 12.5 Å². The van der Waals surface area contributed by atoms with Crippen LogP contribution in [0.1, 0.15) is 50.6 Å². The highest BCUT2D eigenvalue weighted by molar-refractivity contribution is 7.89. The van der Waals surface area contributed by atoms with Crippen LogP contribution in [0.15, 0.2) is 18.2 Å². The number of nitrogens with zero attached hydrogens (tertiary/aromatic N) is 1. The fraction of sp³-hybridized carbons (Fsp3) is 0.600. The molecule has 1 aromatic carbocycles. The minimum atomic E-state index is -3.50. The van der Waals surface area contributed by atoms with Gasteiger partial charge in [-0.05, 0) is 56.2 Å². The number of hydrogen-bond donors (Lipinski definition) is 3. The third kappa shape index (κ3) is 6.66. The molecule has 1 saturated heterocycles. The predicted octanol–water partition coefficient (Wildman–Crippen LogP) is 2.35. The van der Waals surface area contributed by atoms with Crippen molar-refractivity contribution in [3.8, 4) is 0 Å². The lowest BCUT2D eigenvalue weighted by Crippen LogP contribution is -2.30. The molecule has 8 nitrogen and oxygen atoms in total. The average Bonchev–Trinajstić information content (AvgIpc) is 3.44. The quantitative estimate of drug-likeness (QED) is 0.342. The molecule has 0 spiro atoms. The van der Waals surface area contributed by atoms with E-state index in [2.05, 4.69) is 15.4 Å². The highest BCUT2D eigenvalue weighted by atomic mass is 32.2. The molecule has 3 amide bonds. The van der Waals surface area contributed by atoms with Gasteiger partial charge in [-0.25, -0.2) is 22.3 Å². The third-order valence-corrected chi connectivity index (χ3v) is 6.87. The van der Waals surface area contributed by atoms with Gasteiger partial charge in [0.15, 0.2) is 0 Å². The van der Waals surface area contributed by atoms with E-state index in [1.54, 1.807) is 19.1 Å². The molecule has 1 aliphatic carbocycles. The zero-order valence-corrected chi connectivity index (χ0v) is 17.9. The SMILES string of the molecule is C[C@@H](NS(=O)(=O)CCCCCN1CC(=O)NC1=O)c1ccc(F)c(NCC2CC2)c1. The van der Waals surface area contributed by atoms with Crippen LogP contribution in [0.3, 0.4) is 0 Å². The summed E-state index contributed by atoms with van der Waals surface area (Å²) < 4.78 is 41.4. The van der Waals surface area contributed by atoms with E-state index in [1.807, 2.05) is 0 Å². The van der Waals surface area contributed by atoms with Crippen molar-refractivity contribution < 1.29 is 22.4 Å². The minimum absolute atomic E-state index is 0.0313. The van der Waals surface area contributed by atoms with Gasteiger partial charge in [0.05, 0.1) is 11.4 Å². The van der Waals surface area contributed by atoms with E-state index in [0.717, 1.165) is 19.4 Å². The molecule has 1 saturated carbocycles. The molecule has 2 fully saturated rings. The van der Waals surface area contributed by atoms with E-state index < -0.39 is 22.1 Å². The number of halogens is 1. The molecule has 0 bridgehead atoms. The smallest absolute Gasteiger partial charge is 0.324 e. The van der Waals surface area contributed by atoms with Gasteiger partial charge in [-0.2, -0.15) is 0 Å². The van der Waals surface area contributed by atoms with Crippen LogP contribution in [0.5, 0.6) is 0 Å². The Balaban J connectivity index is 1.42. The summed E-state index contributed by atoms with van der Waals surface area (Å²) in [5.41, 5.74) is 1.10. The number of nitrogens with one attached hydrogen (secondary N) is 3. The number of carbonyl (C=O) groups is 2. The number of anilines is 1. The molecular formula is C20H29FN4O4S. The highest BCUT2D eigenvalue weighted by Gasteiger charge is 2.26. The maximum Gasteiger partial charge on any atom is 0.324 e. The predicted molar refractivity (Wildman–Crippen MR) is 112 cm³/mol. The standard InChI is InChI=1S/C20H29FN4O4S/c1-14(16-7-8-17(21)18(11-16)22-12-15-5-6-15)24-30(28,29)10-4-2-3-9-25-13-19(26)23-20(25)27/h7-8,11,14-15,22,24H,2-6,9-10,12-13H2,1H3,(H,23,26,27)/t14-/m1/s1. The van der Waals surface area contributed by atoms with Crippen LogP contribution in [0, 0.1) is 11.7 Å². The summed E-state index contributed by atoms with van der Waals surface area (Å²) in [4.78, 5) is 24.0. The van der Waals surface area contributed by atoms with E-state index in [1.165, 1.54) is 11.0 Å². The Morgan fingerprint density at radius 1 is 1.23 bits per heavy atom. The van der Waals surface area contributed by atoms with Gasteiger partial charge in [0.1, 0.15) is 12.4 Å². The number of benzene rings is 1. The molecule has 166 valence electrons. The number of imide groups is 1. The first kappa shape index (κ1) is 22.5. The van der Waals surface area contributed by atoms with E-state index in [0.29, 0.717) is 43.0 Å². The monoisotopic (exact) mass is 440 g/mol. The van der Waals surface area contributed by atoms with Gasteiger partial charge in [-0.3, -0.25) is 10.1 Å². The number of unbranched alkanes of at least 4 members (excludes halogenated alkanes) is 2. The van der Waals surface area contributed by atoms with Crippen molar-refractivity contribution in [3.05, 3.63) is 29.6 Å². The van der Waals surface area contributed by atoms with Crippen LogP contribution in [-0.2, 0) is 14.8 Å². The molecule has 0 radical (unpaired) electrons. The molecule has 3 rings (SSSR count). The fourth-order valence-corrected chi connectivity index (χ4v) is 4.73. The van der Waals surface area contributed by atoms with Gasteiger partial charge in [-0.15, -0.1) is 0 Å². The number of amides is 3. The summed E-state index contributed by atoms with van der Waals surface area (Å²) >= 11 is 0. The number of hydrogen-bond acceptors (Lipinski definition) is 5. The zero-order valence-electron chi connectivity index (χ0n) is 17.1. The van der Waals surface area contributed by atoms with Gasteiger partial charge in [0.2, 0.25) is 15.9 Å². The Morgan fingerprint density at radius 3 is 2.67 bits per heavy atom. The lowest BCUT2D eigenvalue weighted by molar-refractivity contribution is -0.118. The first-order chi connectivity index (χ1) is 14.2. The first-order valence-corrected chi connectivity index (χ1v) is 12.0. The summed E-state index contributed by atoms with van der Waals surface area (Å²) in [5, 5.41) is 5.31. The number of sulfonamides is 1. The number of carbonyl (C=O) groups excluding carboxylic acids is 2. The lowest BCUT2D eigenvalue weighted by Gasteiger charge is -2.17. The average molecular weight is 441 g/mol. The van der Waals surface area contributed by atoms with Gasteiger partial charge in [0.25, 0.3) is 0 Å². The van der Waals surface area contributed by atoms with Crippen LogP contribution in [-0.4, -0.2) is 50.6 Å². The molecule has 0 aromatic heterocycles. The Bertz CT molecular complexity index is 889. The number of rotatable bonds is 12. The Labute approximate surface area is 176 Å². The molecule has 3 N–H and O–H groups in total. The summed E-state index contributed by atoms with van der Waals surface area (Å²) in [7, 11) is -3.50. The van der Waals surface area contributed by atoms with Crippen molar-refractivity contribution >= 4 is 27.6 Å².